The van der Waals surface area contributed by atoms with E-state index in [4.69, 9.17) is 5.73 Å². The van der Waals surface area contributed by atoms with E-state index in [9.17, 15) is 0 Å². The van der Waals surface area contributed by atoms with Crippen molar-refractivity contribution >= 4 is 5.78 Å². The number of rotatable bonds is 3. The van der Waals surface area contributed by atoms with Crippen LogP contribution < -0.4 is 5.73 Å². The Kier molecular flexibility index (Phi) is 2.41. The number of aryl methyl sites for hydroxylation is 2. The van der Waals surface area contributed by atoms with Crippen molar-refractivity contribution in [3.8, 4) is 0 Å². The predicted octanol–water partition coefficient (Wildman–Crippen LogP) is 0.324. The molecule has 0 amide bonds. The minimum absolute atomic E-state index is 0.652. The van der Waals surface area contributed by atoms with Gasteiger partial charge in [0.25, 0.3) is 5.78 Å². The molecule has 2 aromatic rings. The van der Waals surface area contributed by atoms with Crippen molar-refractivity contribution in [2.75, 3.05) is 6.54 Å². The molecule has 0 fully saturated rings. The zero-order valence-corrected chi connectivity index (χ0v) is 8.14. The van der Waals surface area contributed by atoms with Gasteiger partial charge in [0, 0.05) is 12.4 Å². The first-order valence-electron chi connectivity index (χ1n) is 4.67. The Hall–Kier alpha value is -1.49. The summed E-state index contributed by atoms with van der Waals surface area (Å²) < 4.78 is 1.71. The monoisotopic (exact) mass is 191 g/mol. The number of hydrogen-bond acceptors (Lipinski definition) is 4. The summed E-state index contributed by atoms with van der Waals surface area (Å²) in [6, 6.07) is 0. The number of aromatic nitrogens is 4. The van der Waals surface area contributed by atoms with Gasteiger partial charge < -0.3 is 5.73 Å². The number of nitrogens with zero attached hydrogens (tertiary/aromatic N) is 4. The molecule has 5 heteroatoms. The normalized spacial score (nSPS) is 11.0. The SMILES string of the molecule is Cc1nc2ncc(CCCN)cn2n1. The molecule has 14 heavy (non-hydrogen) atoms. The lowest BCUT2D eigenvalue weighted by Crippen LogP contribution is -2.02. The second-order valence-electron chi connectivity index (χ2n) is 3.26. The number of fused-ring (bicyclic) bond motifs is 1. The molecule has 0 aliphatic rings. The van der Waals surface area contributed by atoms with Crippen LogP contribution in [0.3, 0.4) is 0 Å². The molecule has 0 unspecified atom stereocenters. The van der Waals surface area contributed by atoms with Gasteiger partial charge >= 0.3 is 0 Å². The van der Waals surface area contributed by atoms with Crippen molar-refractivity contribution in [1.82, 2.24) is 19.6 Å². The topological polar surface area (TPSA) is 69.1 Å². The Labute approximate surface area is 82.0 Å². The minimum Gasteiger partial charge on any atom is -0.330 e. The van der Waals surface area contributed by atoms with Gasteiger partial charge in [-0.15, -0.1) is 0 Å². The fraction of sp³-hybridized carbons (Fsp3) is 0.444. The van der Waals surface area contributed by atoms with Gasteiger partial charge in [-0.25, -0.2) is 9.50 Å². The summed E-state index contributed by atoms with van der Waals surface area (Å²) in [5, 5.41) is 4.19. The maximum atomic E-state index is 5.44. The maximum Gasteiger partial charge on any atom is 0.252 e. The predicted molar refractivity (Wildman–Crippen MR) is 52.9 cm³/mol. The van der Waals surface area contributed by atoms with Crippen LogP contribution in [0.25, 0.3) is 5.78 Å². The molecule has 2 N–H and O–H groups in total. The van der Waals surface area contributed by atoms with E-state index in [0.29, 0.717) is 12.3 Å². The quantitative estimate of drug-likeness (QED) is 0.758. The van der Waals surface area contributed by atoms with Crippen LogP contribution >= 0.6 is 0 Å². The highest BCUT2D eigenvalue weighted by atomic mass is 15.3. The average Bonchev–Trinajstić information content (AvgIpc) is 2.54. The smallest absolute Gasteiger partial charge is 0.252 e. The lowest BCUT2D eigenvalue weighted by molar-refractivity contribution is 0.809. The molecule has 0 aromatic carbocycles. The lowest BCUT2D eigenvalue weighted by atomic mass is 10.2. The molecule has 0 aliphatic heterocycles. The molecule has 2 rings (SSSR count). The van der Waals surface area contributed by atoms with Crippen LogP contribution in [0.1, 0.15) is 17.8 Å². The van der Waals surface area contributed by atoms with Gasteiger partial charge in [0.1, 0.15) is 5.82 Å². The molecule has 0 bridgehead atoms. The van der Waals surface area contributed by atoms with E-state index >= 15 is 0 Å². The van der Waals surface area contributed by atoms with Crippen LogP contribution in [0.15, 0.2) is 12.4 Å². The average molecular weight is 191 g/mol. The molecule has 5 nitrogen and oxygen atoms in total. The molecule has 0 spiro atoms. The van der Waals surface area contributed by atoms with Crippen LogP contribution in [-0.4, -0.2) is 26.1 Å². The fourth-order valence-electron chi connectivity index (χ4n) is 1.36. The second-order valence-corrected chi connectivity index (χ2v) is 3.26. The molecular weight excluding hydrogens is 178 g/mol. The summed E-state index contributed by atoms with van der Waals surface area (Å²) in [4.78, 5) is 8.35. The molecule has 2 aromatic heterocycles. The van der Waals surface area contributed by atoms with Gasteiger partial charge in [0.15, 0.2) is 0 Å². The Bertz CT molecular complexity index is 434. The molecule has 2 heterocycles. The Morgan fingerprint density at radius 1 is 1.50 bits per heavy atom. The first kappa shape index (κ1) is 9.08. The van der Waals surface area contributed by atoms with Crippen molar-refractivity contribution in [1.29, 1.82) is 0 Å². The first-order chi connectivity index (χ1) is 6.79. The fourth-order valence-corrected chi connectivity index (χ4v) is 1.36. The zero-order valence-electron chi connectivity index (χ0n) is 8.14. The van der Waals surface area contributed by atoms with Crippen LogP contribution in [0.2, 0.25) is 0 Å². The molecule has 0 saturated carbocycles. The van der Waals surface area contributed by atoms with Gasteiger partial charge in [0.05, 0.1) is 0 Å². The van der Waals surface area contributed by atoms with Crippen molar-refractivity contribution in [3.63, 3.8) is 0 Å². The Morgan fingerprint density at radius 3 is 3.14 bits per heavy atom. The maximum absolute atomic E-state index is 5.44. The molecule has 74 valence electrons. The van der Waals surface area contributed by atoms with Crippen molar-refractivity contribution < 1.29 is 0 Å². The van der Waals surface area contributed by atoms with E-state index in [2.05, 4.69) is 15.1 Å². The highest BCUT2D eigenvalue weighted by Crippen LogP contribution is 2.03. The zero-order chi connectivity index (χ0) is 9.97. The van der Waals surface area contributed by atoms with Gasteiger partial charge in [-0.3, -0.25) is 0 Å². The van der Waals surface area contributed by atoms with Crippen molar-refractivity contribution in [2.24, 2.45) is 5.73 Å². The van der Waals surface area contributed by atoms with Crippen LogP contribution in [0, 0.1) is 6.92 Å². The third-order valence-corrected chi connectivity index (χ3v) is 2.02. The van der Waals surface area contributed by atoms with Crippen LogP contribution in [0.4, 0.5) is 0 Å². The van der Waals surface area contributed by atoms with Crippen LogP contribution in [-0.2, 0) is 6.42 Å². The summed E-state index contributed by atoms with van der Waals surface area (Å²) in [6.07, 6.45) is 5.70. The first-order valence-corrected chi connectivity index (χ1v) is 4.67. The number of nitrogens with two attached hydrogens (primary N) is 1. The van der Waals surface area contributed by atoms with Gasteiger partial charge in [-0.2, -0.15) is 10.1 Å². The highest BCUT2D eigenvalue weighted by Gasteiger charge is 2.01. The molecule has 0 radical (unpaired) electrons. The van der Waals surface area contributed by atoms with Crippen molar-refractivity contribution in [2.45, 2.75) is 19.8 Å². The summed E-state index contributed by atoms with van der Waals surface area (Å²) in [7, 11) is 0. The van der Waals surface area contributed by atoms with Gasteiger partial charge in [-0.05, 0) is 31.9 Å². The van der Waals surface area contributed by atoms with Gasteiger partial charge in [0.2, 0.25) is 0 Å². The Balaban J connectivity index is 2.31. The van der Waals surface area contributed by atoms with Crippen molar-refractivity contribution in [3.05, 3.63) is 23.8 Å². The van der Waals surface area contributed by atoms with E-state index in [1.807, 2.05) is 19.3 Å². The molecule has 0 atom stereocenters. The summed E-state index contributed by atoms with van der Waals surface area (Å²) >= 11 is 0. The molecular formula is C9H13N5. The van der Waals surface area contributed by atoms with E-state index < -0.39 is 0 Å². The third-order valence-electron chi connectivity index (χ3n) is 2.02. The minimum atomic E-state index is 0.652. The van der Waals surface area contributed by atoms with Gasteiger partial charge in [-0.1, -0.05) is 0 Å². The second kappa shape index (κ2) is 3.71. The van der Waals surface area contributed by atoms with E-state index in [1.165, 1.54) is 0 Å². The van der Waals surface area contributed by atoms with Crippen LogP contribution in [0.5, 0.6) is 0 Å². The Morgan fingerprint density at radius 2 is 2.36 bits per heavy atom. The standard InChI is InChI=1S/C9H13N5/c1-7-12-9-11-5-8(3-2-4-10)6-14(9)13-7/h5-6H,2-4,10H2,1H3. The number of hydrogen-bond donors (Lipinski definition) is 1. The summed E-state index contributed by atoms with van der Waals surface area (Å²) in [6.45, 7) is 2.56. The van der Waals surface area contributed by atoms with E-state index in [1.54, 1.807) is 4.52 Å². The molecule has 0 saturated heterocycles. The largest absolute Gasteiger partial charge is 0.330 e. The van der Waals surface area contributed by atoms with E-state index in [-0.39, 0.29) is 0 Å². The summed E-state index contributed by atoms with van der Waals surface area (Å²) in [5.74, 6) is 1.40. The lowest BCUT2D eigenvalue weighted by Gasteiger charge is -1.98. The highest BCUT2D eigenvalue weighted by molar-refractivity contribution is 5.27. The summed E-state index contributed by atoms with van der Waals surface area (Å²) in [5.41, 5.74) is 6.58. The van der Waals surface area contributed by atoms with E-state index in [0.717, 1.165) is 24.2 Å². The molecule has 0 aliphatic carbocycles. The third kappa shape index (κ3) is 1.72.